The zero-order chi connectivity index (χ0) is 13.0. The summed E-state index contributed by atoms with van der Waals surface area (Å²) in [5, 5.41) is 1.12. The van der Waals surface area contributed by atoms with Gasteiger partial charge in [-0.15, -0.1) is 0 Å². The number of benzene rings is 1. The number of rotatable bonds is 4. The minimum absolute atomic E-state index is 0.0254. The highest BCUT2D eigenvalue weighted by molar-refractivity contribution is 6.42. The standard InChI is InChI=1S/C13H16Cl2N2O/c14-10-5-4-9(7-11(10)15)8-12(17-16)13-3-1-2-6-18-13/h3-5,7,12,17H,1-2,6,8,16H2. The maximum absolute atomic E-state index is 6.00. The second-order valence-electron chi connectivity index (χ2n) is 4.27. The summed E-state index contributed by atoms with van der Waals surface area (Å²) in [6, 6.07) is 5.57. The molecule has 3 N–H and O–H groups in total. The highest BCUT2D eigenvalue weighted by atomic mass is 35.5. The van der Waals surface area contributed by atoms with Crippen LogP contribution in [0.1, 0.15) is 18.4 Å². The van der Waals surface area contributed by atoms with Crippen molar-refractivity contribution in [3.05, 3.63) is 45.6 Å². The Kier molecular flexibility index (Phi) is 4.89. The number of nitrogens with two attached hydrogens (primary N) is 1. The van der Waals surface area contributed by atoms with Crippen LogP contribution in [0.4, 0.5) is 0 Å². The lowest BCUT2D eigenvalue weighted by molar-refractivity contribution is 0.167. The number of hydrogen-bond donors (Lipinski definition) is 2. The van der Waals surface area contributed by atoms with Gasteiger partial charge in [0, 0.05) is 0 Å². The molecule has 1 aliphatic heterocycles. The molecule has 0 radical (unpaired) electrons. The molecule has 0 saturated carbocycles. The first-order chi connectivity index (χ1) is 8.70. The van der Waals surface area contributed by atoms with Gasteiger partial charge in [0.15, 0.2) is 0 Å². The predicted molar refractivity (Wildman–Crippen MR) is 74.5 cm³/mol. The fourth-order valence-electron chi connectivity index (χ4n) is 1.96. The molecule has 1 aromatic carbocycles. The minimum Gasteiger partial charge on any atom is -0.497 e. The van der Waals surface area contributed by atoms with E-state index in [1.807, 2.05) is 12.1 Å². The van der Waals surface area contributed by atoms with Gasteiger partial charge in [0.1, 0.15) is 5.76 Å². The lowest BCUT2D eigenvalue weighted by atomic mass is 10.0. The average Bonchev–Trinajstić information content (AvgIpc) is 2.41. The van der Waals surface area contributed by atoms with Crippen LogP contribution >= 0.6 is 23.2 Å². The molecule has 0 fully saturated rings. The van der Waals surface area contributed by atoms with E-state index in [-0.39, 0.29) is 6.04 Å². The van der Waals surface area contributed by atoms with Crippen LogP contribution in [0.3, 0.4) is 0 Å². The van der Waals surface area contributed by atoms with E-state index in [9.17, 15) is 0 Å². The van der Waals surface area contributed by atoms with Crippen LogP contribution in [0.5, 0.6) is 0 Å². The smallest absolute Gasteiger partial charge is 0.111 e. The first-order valence-corrected chi connectivity index (χ1v) is 6.69. The molecule has 2 rings (SSSR count). The van der Waals surface area contributed by atoms with Crippen molar-refractivity contribution in [3.63, 3.8) is 0 Å². The number of hydrazine groups is 1. The van der Waals surface area contributed by atoms with Crippen LogP contribution in [-0.4, -0.2) is 12.6 Å². The lowest BCUT2D eigenvalue weighted by Gasteiger charge is -2.23. The second-order valence-corrected chi connectivity index (χ2v) is 5.08. The van der Waals surface area contributed by atoms with Crippen LogP contribution in [-0.2, 0) is 11.2 Å². The highest BCUT2D eigenvalue weighted by Gasteiger charge is 2.17. The van der Waals surface area contributed by atoms with Crippen LogP contribution in [0.25, 0.3) is 0 Å². The molecule has 1 unspecified atom stereocenters. The van der Waals surface area contributed by atoms with Gasteiger partial charge in [-0.2, -0.15) is 0 Å². The maximum Gasteiger partial charge on any atom is 0.111 e. The molecule has 1 aliphatic rings. The molecule has 0 aromatic heterocycles. The van der Waals surface area contributed by atoms with E-state index < -0.39 is 0 Å². The second kappa shape index (κ2) is 6.43. The van der Waals surface area contributed by atoms with E-state index in [1.54, 1.807) is 6.07 Å². The number of ether oxygens (including phenoxy) is 1. The third kappa shape index (κ3) is 3.39. The summed E-state index contributed by atoms with van der Waals surface area (Å²) >= 11 is 11.9. The van der Waals surface area contributed by atoms with Crippen molar-refractivity contribution in [1.82, 2.24) is 5.43 Å². The summed E-state index contributed by atoms with van der Waals surface area (Å²) in [6.45, 7) is 0.755. The van der Waals surface area contributed by atoms with Crippen molar-refractivity contribution >= 4 is 23.2 Å². The molecule has 0 aliphatic carbocycles. The topological polar surface area (TPSA) is 47.3 Å². The van der Waals surface area contributed by atoms with E-state index >= 15 is 0 Å². The van der Waals surface area contributed by atoms with Gasteiger partial charge >= 0.3 is 0 Å². The summed E-state index contributed by atoms with van der Waals surface area (Å²) in [7, 11) is 0. The Bertz CT molecular complexity index is 449. The summed E-state index contributed by atoms with van der Waals surface area (Å²) in [4.78, 5) is 0. The number of allylic oxidation sites excluding steroid dienone is 1. The van der Waals surface area contributed by atoms with Crippen LogP contribution in [0, 0.1) is 0 Å². The van der Waals surface area contributed by atoms with Crippen LogP contribution < -0.4 is 11.3 Å². The van der Waals surface area contributed by atoms with E-state index in [1.165, 1.54) is 0 Å². The predicted octanol–water partition coefficient (Wildman–Crippen LogP) is 3.06. The summed E-state index contributed by atoms with van der Waals surface area (Å²) < 4.78 is 5.62. The molecule has 0 spiro atoms. The van der Waals surface area contributed by atoms with Crippen molar-refractivity contribution in [3.8, 4) is 0 Å². The van der Waals surface area contributed by atoms with Gasteiger partial charge in [0.05, 0.1) is 22.7 Å². The van der Waals surface area contributed by atoms with Gasteiger partial charge in [-0.05, 0) is 43.0 Å². The van der Waals surface area contributed by atoms with Gasteiger partial charge in [-0.3, -0.25) is 5.84 Å². The van der Waals surface area contributed by atoms with Gasteiger partial charge in [-0.25, -0.2) is 5.43 Å². The van der Waals surface area contributed by atoms with E-state index in [4.69, 9.17) is 33.8 Å². The van der Waals surface area contributed by atoms with E-state index in [0.717, 1.165) is 37.2 Å². The molecule has 5 heteroatoms. The lowest BCUT2D eigenvalue weighted by Crippen LogP contribution is -2.39. The SMILES string of the molecule is NNC(Cc1ccc(Cl)c(Cl)c1)C1=CCCCO1. The number of halogens is 2. The molecule has 3 nitrogen and oxygen atoms in total. The Morgan fingerprint density at radius 1 is 1.33 bits per heavy atom. The van der Waals surface area contributed by atoms with Crippen molar-refractivity contribution < 1.29 is 4.74 Å². The molecule has 1 atom stereocenters. The Labute approximate surface area is 117 Å². The van der Waals surface area contributed by atoms with Crippen molar-refractivity contribution in [1.29, 1.82) is 0 Å². The Morgan fingerprint density at radius 3 is 2.78 bits per heavy atom. The Hall–Kier alpha value is -0.740. The van der Waals surface area contributed by atoms with Crippen molar-refractivity contribution in [2.24, 2.45) is 5.84 Å². The van der Waals surface area contributed by atoms with Crippen LogP contribution in [0.2, 0.25) is 10.0 Å². The van der Waals surface area contributed by atoms with Crippen molar-refractivity contribution in [2.45, 2.75) is 25.3 Å². The quantitative estimate of drug-likeness (QED) is 0.661. The monoisotopic (exact) mass is 286 g/mol. The zero-order valence-electron chi connectivity index (χ0n) is 9.96. The fourth-order valence-corrected chi connectivity index (χ4v) is 2.28. The highest BCUT2D eigenvalue weighted by Crippen LogP contribution is 2.24. The molecule has 1 aromatic rings. The first-order valence-electron chi connectivity index (χ1n) is 5.93. The van der Waals surface area contributed by atoms with Gasteiger partial charge in [0.2, 0.25) is 0 Å². The van der Waals surface area contributed by atoms with Crippen molar-refractivity contribution in [2.75, 3.05) is 6.61 Å². The third-order valence-corrected chi connectivity index (χ3v) is 3.67. The molecular formula is C13H16Cl2N2O. The summed E-state index contributed by atoms with van der Waals surface area (Å²) in [6.07, 6.45) is 4.91. The largest absolute Gasteiger partial charge is 0.497 e. The van der Waals surface area contributed by atoms with Gasteiger partial charge in [0.25, 0.3) is 0 Å². The number of nitrogens with one attached hydrogen (secondary N) is 1. The zero-order valence-corrected chi connectivity index (χ0v) is 11.5. The van der Waals surface area contributed by atoms with E-state index in [0.29, 0.717) is 10.0 Å². The Balaban J connectivity index is 2.09. The maximum atomic E-state index is 6.00. The van der Waals surface area contributed by atoms with Crippen LogP contribution in [0.15, 0.2) is 30.0 Å². The molecule has 18 heavy (non-hydrogen) atoms. The summed E-state index contributed by atoms with van der Waals surface area (Å²) in [5.74, 6) is 6.50. The summed E-state index contributed by atoms with van der Waals surface area (Å²) in [5.41, 5.74) is 3.86. The number of hydrogen-bond acceptors (Lipinski definition) is 3. The third-order valence-electron chi connectivity index (χ3n) is 2.93. The molecule has 0 amide bonds. The first kappa shape index (κ1) is 13.7. The fraction of sp³-hybridized carbons (Fsp3) is 0.385. The molecule has 0 saturated heterocycles. The van der Waals surface area contributed by atoms with Gasteiger partial charge in [-0.1, -0.05) is 29.3 Å². The normalized spacial score (nSPS) is 16.9. The molecular weight excluding hydrogens is 271 g/mol. The molecule has 98 valence electrons. The van der Waals surface area contributed by atoms with E-state index in [2.05, 4.69) is 11.5 Å². The average molecular weight is 287 g/mol. The Morgan fingerprint density at radius 2 is 2.17 bits per heavy atom. The molecule has 0 bridgehead atoms. The molecule has 1 heterocycles. The van der Waals surface area contributed by atoms with Gasteiger partial charge < -0.3 is 4.74 Å². The minimum atomic E-state index is -0.0254.